The van der Waals surface area contributed by atoms with Gasteiger partial charge in [0.25, 0.3) is 0 Å². The van der Waals surface area contributed by atoms with Crippen molar-refractivity contribution in [2.75, 3.05) is 12.3 Å². The number of para-hydroxylation sites is 1. The average molecular weight is 374 g/mol. The quantitative estimate of drug-likeness (QED) is 0.668. The van der Waals surface area contributed by atoms with Crippen LogP contribution in [-0.2, 0) is 17.8 Å². The Balaban J connectivity index is 0.000000569. The normalized spacial score (nSPS) is 14.2. The Morgan fingerprint density at radius 3 is 2.68 bits per heavy atom. The minimum absolute atomic E-state index is 0.586. The molecular weight excluding hydrogens is 350 g/mol. The molecule has 0 amide bonds. The number of aromatic nitrogens is 1. The molecule has 0 saturated carbocycles. The monoisotopic (exact) mass is 373 g/mol. The lowest BCUT2D eigenvalue weighted by Crippen LogP contribution is -2.35. The molecule has 132 valence electrons. The number of thiazole rings is 1. The first-order chi connectivity index (χ1) is 12.0. The van der Waals surface area contributed by atoms with Crippen LogP contribution in [0.2, 0.25) is 0 Å². The zero-order valence-electron chi connectivity index (χ0n) is 14.8. The van der Waals surface area contributed by atoms with Crippen molar-refractivity contribution in [2.45, 2.75) is 39.8 Å². The van der Waals surface area contributed by atoms with Crippen molar-refractivity contribution in [1.29, 1.82) is 0 Å². The topological polar surface area (TPSA) is 59.2 Å². The number of nitrogens with two attached hydrogens (primary N) is 1. The number of thiophene rings is 1. The number of carbonyl (C=O) groups is 1. The van der Waals surface area contributed by atoms with Gasteiger partial charge in [-0.1, -0.05) is 12.1 Å². The van der Waals surface area contributed by atoms with E-state index in [2.05, 4.69) is 36.9 Å². The van der Waals surface area contributed by atoms with Gasteiger partial charge >= 0.3 is 0 Å². The lowest BCUT2D eigenvalue weighted by atomic mass is 10.0. The molecule has 1 aliphatic heterocycles. The van der Waals surface area contributed by atoms with Crippen molar-refractivity contribution in [3.05, 3.63) is 34.7 Å². The van der Waals surface area contributed by atoms with Gasteiger partial charge in [-0.3, -0.25) is 4.90 Å². The fraction of sp³-hybridized carbons (Fsp3) is 0.368. The number of benzene rings is 1. The summed E-state index contributed by atoms with van der Waals surface area (Å²) in [4.78, 5) is 17.6. The largest absolute Gasteiger partial charge is 0.390 e. The van der Waals surface area contributed by atoms with E-state index in [0.29, 0.717) is 6.04 Å². The number of hydrogen-bond acceptors (Lipinski definition) is 6. The van der Waals surface area contributed by atoms with Crippen LogP contribution in [0, 0.1) is 0 Å². The summed E-state index contributed by atoms with van der Waals surface area (Å²) in [7, 11) is 0. The second-order valence-electron chi connectivity index (χ2n) is 6.28. The molecule has 1 aromatic carbocycles. The van der Waals surface area contributed by atoms with Crippen molar-refractivity contribution in [3.63, 3.8) is 0 Å². The van der Waals surface area contributed by atoms with Gasteiger partial charge in [-0.05, 0) is 44.9 Å². The van der Waals surface area contributed by atoms with Crippen molar-refractivity contribution in [2.24, 2.45) is 0 Å². The van der Waals surface area contributed by atoms with Crippen LogP contribution in [0.3, 0.4) is 0 Å². The summed E-state index contributed by atoms with van der Waals surface area (Å²) in [6.45, 7) is 8.10. The number of fused-ring (bicyclic) bond motifs is 2. The van der Waals surface area contributed by atoms with Crippen LogP contribution in [0.25, 0.3) is 20.8 Å². The summed E-state index contributed by atoms with van der Waals surface area (Å²) >= 11 is 3.50. The molecule has 4 rings (SSSR count). The lowest BCUT2D eigenvalue weighted by Gasteiger charge is -2.30. The molecular formula is C19H23N3OS2. The minimum Gasteiger partial charge on any atom is -0.390 e. The summed E-state index contributed by atoms with van der Waals surface area (Å²) in [6.07, 6.45) is 1.83. The minimum atomic E-state index is 0.586. The zero-order valence-corrected chi connectivity index (χ0v) is 16.4. The first-order valence-electron chi connectivity index (χ1n) is 8.45. The smallest absolute Gasteiger partial charge is 0.127 e. The van der Waals surface area contributed by atoms with Crippen molar-refractivity contribution >= 4 is 44.2 Å². The Morgan fingerprint density at radius 1 is 1.28 bits per heavy atom. The third-order valence-electron chi connectivity index (χ3n) is 4.35. The first-order valence-corrected chi connectivity index (χ1v) is 10.1. The predicted octanol–water partition coefficient (Wildman–Crippen LogP) is 4.58. The fourth-order valence-corrected chi connectivity index (χ4v) is 5.36. The maximum atomic E-state index is 8.81. The van der Waals surface area contributed by atoms with E-state index < -0.39 is 0 Å². The number of anilines is 1. The Kier molecular flexibility index (Phi) is 5.51. The van der Waals surface area contributed by atoms with Gasteiger partial charge in [-0.25, -0.2) is 4.98 Å². The predicted molar refractivity (Wildman–Crippen MR) is 108 cm³/mol. The lowest BCUT2D eigenvalue weighted by molar-refractivity contribution is -0.106. The van der Waals surface area contributed by atoms with Crippen molar-refractivity contribution in [3.8, 4) is 10.6 Å². The van der Waals surface area contributed by atoms with E-state index >= 15 is 0 Å². The number of carbonyl (C=O) groups excluding carboxylic acids is 1. The molecule has 0 spiro atoms. The van der Waals surface area contributed by atoms with Gasteiger partial charge in [0.05, 0.1) is 15.2 Å². The van der Waals surface area contributed by atoms with Gasteiger partial charge in [0.2, 0.25) is 0 Å². The second-order valence-corrected chi connectivity index (χ2v) is 8.45. The first kappa shape index (κ1) is 18.0. The van der Waals surface area contributed by atoms with Gasteiger partial charge < -0.3 is 10.5 Å². The molecule has 25 heavy (non-hydrogen) atoms. The highest BCUT2D eigenvalue weighted by atomic mass is 32.1. The van der Waals surface area contributed by atoms with Gasteiger partial charge in [0.1, 0.15) is 11.3 Å². The molecule has 3 aromatic rings. The molecule has 0 bridgehead atoms. The molecule has 0 radical (unpaired) electrons. The van der Waals surface area contributed by atoms with Crippen LogP contribution >= 0.6 is 22.7 Å². The molecule has 0 saturated heterocycles. The third kappa shape index (κ3) is 3.61. The van der Waals surface area contributed by atoms with Crippen LogP contribution in [-0.4, -0.2) is 28.8 Å². The number of rotatable bonds is 2. The molecule has 0 unspecified atom stereocenters. The maximum absolute atomic E-state index is 8.81. The number of nitrogens with zero attached hydrogens (tertiary/aromatic N) is 2. The molecule has 4 nitrogen and oxygen atoms in total. The Hall–Kier alpha value is -1.76. The fourth-order valence-electron chi connectivity index (χ4n) is 3.10. The summed E-state index contributed by atoms with van der Waals surface area (Å²) in [6, 6.07) is 8.90. The average Bonchev–Trinajstić information content (AvgIpc) is 3.13. The Bertz CT molecular complexity index is 849. The standard InChI is InChI=1S/C17H19N3S2.C2H4O/c1-10(2)20-8-7-11-14(9-20)21-16(18)15(11)17-19-12-5-3-4-6-13(12)22-17;1-2-3/h3-6,10H,7-9,18H2,1-2H3;2H,1H3. The molecule has 0 atom stereocenters. The maximum Gasteiger partial charge on any atom is 0.127 e. The van der Waals surface area contributed by atoms with Gasteiger partial charge in [-0.2, -0.15) is 0 Å². The summed E-state index contributed by atoms with van der Waals surface area (Å²) in [5, 5.41) is 2.00. The highest BCUT2D eigenvalue weighted by Gasteiger charge is 2.26. The highest BCUT2D eigenvalue weighted by Crippen LogP contribution is 2.44. The summed E-state index contributed by atoms with van der Waals surface area (Å²) in [5.74, 6) is 0. The van der Waals surface area contributed by atoms with E-state index in [-0.39, 0.29) is 0 Å². The van der Waals surface area contributed by atoms with Gasteiger partial charge in [0.15, 0.2) is 0 Å². The number of nitrogen functional groups attached to an aromatic ring is 1. The van der Waals surface area contributed by atoms with Crippen LogP contribution in [0.4, 0.5) is 5.00 Å². The van der Waals surface area contributed by atoms with Gasteiger partial charge in [0, 0.05) is 29.6 Å². The van der Waals surface area contributed by atoms with E-state index in [1.807, 2.05) is 6.07 Å². The van der Waals surface area contributed by atoms with E-state index in [0.717, 1.165) is 41.3 Å². The molecule has 6 heteroatoms. The number of hydrogen-bond donors (Lipinski definition) is 1. The van der Waals surface area contributed by atoms with E-state index in [4.69, 9.17) is 15.5 Å². The summed E-state index contributed by atoms with van der Waals surface area (Å²) in [5.41, 5.74) is 10.1. The molecule has 0 fully saturated rings. The zero-order chi connectivity index (χ0) is 18.0. The molecule has 2 N–H and O–H groups in total. The summed E-state index contributed by atoms with van der Waals surface area (Å²) < 4.78 is 1.23. The Morgan fingerprint density at radius 2 is 2.00 bits per heavy atom. The molecule has 2 aromatic heterocycles. The Labute approximate surface area is 156 Å². The van der Waals surface area contributed by atoms with Crippen LogP contribution in [0.1, 0.15) is 31.2 Å². The van der Waals surface area contributed by atoms with E-state index in [1.54, 1.807) is 22.7 Å². The molecule has 3 heterocycles. The molecule has 1 aliphatic rings. The van der Waals surface area contributed by atoms with E-state index in [1.165, 1.54) is 27.6 Å². The molecule has 0 aliphatic carbocycles. The van der Waals surface area contributed by atoms with Crippen LogP contribution < -0.4 is 5.73 Å². The van der Waals surface area contributed by atoms with E-state index in [9.17, 15) is 0 Å². The van der Waals surface area contributed by atoms with Crippen LogP contribution in [0.5, 0.6) is 0 Å². The van der Waals surface area contributed by atoms with Crippen molar-refractivity contribution < 1.29 is 4.79 Å². The van der Waals surface area contributed by atoms with Crippen molar-refractivity contribution in [1.82, 2.24) is 9.88 Å². The SMILES string of the molecule is CC(C)N1CCc2c(sc(N)c2-c2nc3ccccc3s2)C1.CC=O. The second kappa shape index (κ2) is 7.64. The van der Waals surface area contributed by atoms with Gasteiger partial charge in [-0.15, -0.1) is 22.7 Å². The number of aldehydes is 1. The third-order valence-corrected chi connectivity index (χ3v) is 6.45. The van der Waals surface area contributed by atoms with Crippen LogP contribution in [0.15, 0.2) is 24.3 Å². The highest BCUT2D eigenvalue weighted by molar-refractivity contribution is 7.22.